The lowest BCUT2D eigenvalue weighted by atomic mass is 9.89. The van der Waals surface area contributed by atoms with E-state index in [1.165, 1.54) is 12.8 Å². The van der Waals surface area contributed by atoms with E-state index in [0.29, 0.717) is 12.7 Å². The normalized spacial score (nSPS) is 23.4. The smallest absolute Gasteiger partial charge is 0.309 e. The molecule has 1 aliphatic carbocycles. The van der Waals surface area contributed by atoms with Crippen molar-refractivity contribution in [2.75, 3.05) is 19.7 Å². The third kappa shape index (κ3) is 5.31. The Kier molecular flexibility index (Phi) is 6.88. The highest BCUT2D eigenvalue weighted by molar-refractivity contribution is 5.80. The van der Waals surface area contributed by atoms with Crippen LogP contribution < -0.4 is 4.74 Å². The first-order valence-electron chi connectivity index (χ1n) is 11.6. The van der Waals surface area contributed by atoms with Crippen LogP contribution in [0, 0.1) is 11.8 Å². The first-order chi connectivity index (χ1) is 14.6. The molecule has 2 aromatic rings. The number of benzene rings is 1. The maximum atomic E-state index is 11.9. The number of pyridine rings is 1. The Bertz CT molecular complexity index is 861. The van der Waals surface area contributed by atoms with Crippen LogP contribution in [0.15, 0.2) is 30.3 Å². The number of ether oxygens (including phenoxy) is 2. The second-order valence-electron chi connectivity index (χ2n) is 8.97. The maximum Gasteiger partial charge on any atom is 0.309 e. The molecule has 1 aromatic heterocycles. The van der Waals surface area contributed by atoms with Crippen LogP contribution >= 0.6 is 0 Å². The Morgan fingerprint density at radius 1 is 1.13 bits per heavy atom. The van der Waals surface area contributed by atoms with Gasteiger partial charge >= 0.3 is 5.97 Å². The molecule has 2 fully saturated rings. The van der Waals surface area contributed by atoms with Crippen LogP contribution in [0.25, 0.3) is 10.9 Å². The summed E-state index contributed by atoms with van der Waals surface area (Å²) < 4.78 is 11.4. The van der Waals surface area contributed by atoms with E-state index in [1.54, 1.807) is 0 Å². The molecule has 1 aromatic carbocycles. The van der Waals surface area contributed by atoms with Gasteiger partial charge in [-0.1, -0.05) is 19.4 Å². The van der Waals surface area contributed by atoms with Gasteiger partial charge in [-0.25, -0.2) is 0 Å². The van der Waals surface area contributed by atoms with Crippen LogP contribution in [-0.4, -0.2) is 41.7 Å². The Morgan fingerprint density at radius 3 is 2.73 bits per heavy atom. The van der Waals surface area contributed by atoms with Crippen LogP contribution in [0.1, 0.15) is 58.1 Å². The van der Waals surface area contributed by atoms with Crippen molar-refractivity contribution in [2.24, 2.45) is 11.8 Å². The quantitative estimate of drug-likeness (QED) is 0.630. The highest BCUT2D eigenvalue weighted by Gasteiger charge is 2.26. The minimum Gasteiger partial charge on any atom is -0.490 e. The number of carbonyl (C=O) groups excluding carboxylic acids is 1. The van der Waals surface area contributed by atoms with Gasteiger partial charge in [0.2, 0.25) is 0 Å². The van der Waals surface area contributed by atoms with E-state index in [-0.39, 0.29) is 11.9 Å². The average Bonchev–Trinajstić information content (AvgIpc) is 2.74. The van der Waals surface area contributed by atoms with E-state index in [0.717, 1.165) is 73.6 Å². The summed E-state index contributed by atoms with van der Waals surface area (Å²) in [4.78, 5) is 19.2. The molecule has 0 radical (unpaired) electrons. The van der Waals surface area contributed by atoms with Crippen LogP contribution in [-0.2, 0) is 16.1 Å². The van der Waals surface area contributed by atoms with Crippen molar-refractivity contribution in [3.8, 4) is 5.75 Å². The number of hydrogen-bond acceptors (Lipinski definition) is 5. The fourth-order valence-corrected chi connectivity index (χ4v) is 4.80. The van der Waals surface area contributed by atoms with E-state index >= 15 is 0 Å². The van der Waals surface area contributed by atoms with Gasteiger partial charge in [-0.2, -0.15) is 0 Å². The first-order valence-corrected chi connectivity index (χ1v) is 11.6. The number of hydrogen-bond donors (Lipinski definition) is 0. The summed E-state index contributed by atoms with van der Waals surface area (Å²) in [6, 6.07) is 10.5. The molecular formula is C25H34N2O3. The van der Waals surface area contributed by atoms with E-state index < -0.39 is 0 Å². The van der Waals surface area contributed by atoms with Gasteiger partial charge in [-0.15, -0.1) is 0 Å². The molecule has 1 aliphatic heterocycles. The lowest BCUT2D eigenvalue weighted by Crippen LogP contribution is -2.36. The number of piperidine rings is 1. The molecule has 2 heterocycles. The summed E-state index contributed by atoms with van der Waals surface area (Å²) in [6.07, 6.45) is 6.98. The predicted molar refractivity (Wildman–Crippen MR) is 118 cm³/mol. The molecular weight excluding hydrogens is 376 g/mol. The standard InChI is InChI=1S/C25H34N2O3/c1-3-29-25(28)19-11-13-27(14-12-19)17-21-8-7-20-16-23(9-10-24(20)26-21)30-22-6-4-5-18(2)15-22/h7-10,16,18-19,22H,3-6,11-15,17H2,1-2H3. The van der Waals surface area contributed by atoms with Crippen LogP contribution in [0.2, 0.25) is 0 Å². The van der Waals surface area contributed by atoms with Gasteiger partial charge in [0.15, 0.2) is 0 Å². The summed E-state index contributed by atoms with van der Waals surface area (Å²) >= 11 is 0. The second kappa shape index (κ2) is 9.78. The Morgan fingerprint density at radius 2 is 1.97 bits per heavy atom. The minimum atomic E-state index is -0.0401. The molecule has 2 atom stereocenters. The topological polar surface area (TPSA) is 51.7 Å². The van der Waals surface area contributed by atoms with Crippen LogP contribution in [0.4, 0.5) is 0 Å². The van der Waals surface area contributed by atoms with Gasteiger partial charge in [-0.3, -0.25) is 14.7 Å². The maximum absolute atomic E-state index is 11.9. The van der Waals surface area contributed by atoms with Gasteiger partial charge in [0, 0.05) is 11.9 Å². The zero-order chi connectivity index (χ0) is 20.9. The lowest BCUT2D eigenvalue weighted by Gasteiger charge is -2.30. The zero-order valence-corrected chi connectivity index (χ0v) is 18.3. The van der Waals surface area contributed by atoms with E-state index in [2.05, 4.69) is 42.2 Å². The monoisotopic (exact) mass is 410 g/mol. The Balaban J connectivity index is 1.34. The molecule has 5 nitrogen and oxygen atoms in total. The number of aromatic nitrogens is 1. The molecule has 0 bridgehead atoms. The van der Waals surface area contributed by atoms with Crippen molar-refractivity contribution < 1.29 is 14.3 Å². The summed E-state index contributed by atoms with van der Waals surface area (Å²) in [5.74, 6) is 1.73. The van der Waals surface area contributed by atoms with Gasteiger partial charge in [0.05, 0.1) is 29.8 Å². The van der Waals surface area contributed by atoms with Gasteiger partial charge < -0.3 is 9.47 Å². The van der Waals surface area contributed by atoms with Gasteiger partial charge in [-0.05, 0) is 82.3 Å². The van der Waals surface area contributed by atoms with E-state index in [1.807, 2.05) is 6.92 Å². The Labute approximate surface area is 179 Å². The number of carbonyl (C=O) groups is 1. The molecule has 30 heavy (non-hydrogen) atoms. The fraction of sp³-hybridized carbons (Fsp3) is 0.600. The summed E-state index contributed by atoms with van der Waals surface area (Å²) in [7, 11) is 0. The third-order valence-corrected chi connectivity index (χ3v) is 6.50. The zero-order valence-electron chi connectivity index (χ0n) is 18.3. The molecule has 2 unspecified atom stereocenters. The molecule has 0 amide bonds. The summed E-state index contributed by atoms with van der Waals surface area (Å²) in [5, 5.41) is 1.13. The van der Waals surface area contributed by atoms with Crippen LogP contribution in [0.5, 0.6) is 5.75 Å². The SMILES string of the molecule is CCOC(=O)C1CCN(Cc2ccc3cc(OC4CCCC(C)C4)ccc3n2)CC1. The number of rotatable bonds is 6. The molecule has 1 saturated heterocycles. The van der Waals surface area contributed by atoms with E-state index in [4.69, 9.17) is 14.5 Å². The van der Waals surface area contributed by atoms with Gasteiger partial charge in [0.1, 0.15) is 5.75 Å². The molecule has 4 rings (SSSR count). The molecule has 5 heteroatoms. The highest BCUT2D eigenvalue weighted by Crippen LogP contribution is 2.29. The number of esters is 1. The summed E-state index contributed by atoms with van der Waals surface area (Å²) in [5.41, 5.74) is 2.09. The van der Waals surface area contributed by atoms with Crippen molar-refractivity contribution in [3.05, 3.63) is 36.0 Å². The molecule has 2 aliphatic rings. The van der Waals surface area contributed by atoms with Crippen LogP contribution in [0.3, 0.4) is 0 Å². The number of fused-ring (bicyclic) bond motifs is 1. The highest BCUT2D eigenvalue weighted by atomic mass is 16.5. The average molecular weight is 411 g/mol. The van der Waals surface area contributed by atoms with Crippen molar-refractivity contribution in [1.29, 1.82) is 0 Å². The molecule has 162 valence electrons. The second-order valence-corrected chi connectivity index (χ2v) is 8.97. The van der Waals surface area contributed by atoms with Crippen molar-refractivity contribution in [2.45, 2.75) is 65.0 Å². The molecule has 0 N–H and O–H groups in total. The van der Waals surface area contributed by atoms with E-state index in [9.17, 15) is 4.79 Å². The van der Waals surface area contributed by atoms with Crippen molar-refractivity contribution in [1.82, 2.24) is 9.88 Å². The number of nitrogens with zero attached hydrogens (tertiary/aromatic N) is 2. The van der Waals surface area contributed by atoms with Gasteiger partial charge in [0.25, 0.3) is 0 Å². The first kappa shape index (κ1) is 21.1. The Hall–Kier alpha value is -2.14. The minimum absolute atomic E-state index is 0.0401. The predicted octanol–water partition coefficient (Wildman–Crippen LogP) is 4.97. The van der Waals surface area contributed by atoms with Crippen molar-refractivity contribution >= 4 is 16.9 Å². The molecule has 1 saturated carbocycles. The lowest BCUT2D eigenvalue weighted by molar-refractivity contribution is -0.149. The fourth-order valence-electron chi connectivity index (χ4n) is 4.80. The summed E-state index contributed by atoms with van der Waals surface area (Å²) in [6.45, 7) is 7.30. The largest absolute Gasteiger partial charge is 0.490 e. The molecule has 0 spiro atoms. The number of likely N-dealkylation sites (tertiary alicyclic amines) is 1. The third-order valence-electron chi connectivity index (χ3n) is 6.50. The van der Waals surface area contributed by atoms with Crippen molar-refractivity contribution in [3.63, 3.8) is 0 Å².